The number of nitrogens with one attached hydrogen (secondary N) is 1. The fraction of sp³-hybridized carbons (Fsp3) is 0.966. The molecule has 3 N–H and O–H groups in total. The van der Waals surface area contributed by atoms with Gasteiger partial charge in [0.15, 0.2) is 0 Å². The van der Waals surface area contributed by atoms with Gasteiger partial charge in [-0.25, -0.2) is 0 Å². The Hall–Kier alpha value is -1.14. The summed E-state index contributed by atoms with van der Waals surface area (Å²) in [6.45, 7) is 4.95. The monoisotopic (exact) mass is 906 g/mol. The Morgan fingerprint density at radius 3 is 0.953 bits per heavy atom. The molecule has 6 heteroatoms. The molecule has 0 saturated heterocycles. The van der Waals surface area contributed by atoms with Crippen molar-refractivity contribution in [1.82, 2.24) is 5.32 Å². The summed E-state index contributed by atoms with van der Waals surface area (Å²) in [5, 5.41) is 23.3. The van der Waals surface area contributed by atoms with Crippen LogP contribution in [0.4, 0.5) is 0 Å². The van der Waals surface area contributed by atoms with Gasteiger partial charge in [-0.3, -0.25) is 9.59 Å². The predicted octanol–water partition coefficient (Wildman–Crippen LogP) is 17.9. The van der Waals surface area contributed by atoms with E-state index in [1.54, 1.807) is 0 Å². The molecule has 0 heterocycles. The first-order valence-corrected chi connectivity index (χ1v) is 29.3. The maximum absolute atomic E-state index is 12.5. The molecule has 0 fully saturated rings. The average Bonchev–Trinajstić information content (AvgIpc) is 3.29. The van der Waals surface area contributed by atoms with Crippen LogP contribution in [-0.2, 0) is 14.3 Å². The van der Waals surface area contributed by atoms with Gasteiger partial charge in [-0.05, 0) is 25.7 Å². The number of esters is 1. The number of hydrogen-bond donors (Lipinski definition) is 3. The van der Waals surface area contributed by atoms with E-state index in [2.05, 4.69) is 19.2 Å². The Balaban J connectivity index is 3.43. The number of unbranched alkanes of at least 4 members (excludes halogenated alkanes) is 44. The van der Waals surface area contributed by atoms with Crippen molar-refractivity contribution in [2.24, 2.45) is 0 Å². The van der Waals surface area contributed by atoms with Gasteiger partial charge in [-0.2, -0.15) is 0 Å². The smallest absolute Gasteiger partial charge is 0.305 e. The normalized spacial score (nSPS) is 12.5. The Morgan fingerprint density at radius 2 is 0.641 bits per heavy atom. The Kier molecular flexibility index (Phi) is 53.5. The van der Waals surface area contributed by atoms with Crippen LogP contribution < -0.4 is 5.32 Å². The van der Waals surface area contributed by atoms with E-state index in [1.807, 2.05) is 0 Å². The summed E-state index contributed by atoms with van der Waals surface area (Å²) >= 11 is 0. The molecule has 0 aromatic heterocycles. The second-order valence-electron chi connectivity index (χ2n) is 20.3. The number of rotatable bonds is 55. The summed E-state index contributed by atoms with van der Waals surface area (Å²) in [4.78, 5) is 24.6. The van der Waals surface area contributed by atoms with Crippen LogP contribution in [-0.4, -0.2) is 47.4 Å². The fourth-order valence-corrected chi connectivity index (χ4v) is 9.41. The molecule has 0 rings (SSSR count). The lowest BCUT2D eigenvalue weighted by Crippen LogP contribution is -2.45. The van der Waals surface area contributed by atoms with Crippen LogP contribution in [0.3, 0.4) is 0 Å². The third kappa shape index (κ3) is 50.3. The van der Waals surface area contributed by atoms with E-state index in [4.69, 9.17) is 4.74 Å². The van der Waals surface area contributed by atoms with Crippen molar-refractivity contribution in [2.75, 3.05) is 13.2 Å². The van der Waals surface area contributed by atoms with Crippen molar-refractivity contribution >= 4 is 11.9 Å². The molecular formula is C58H115NO5. The lowest BCUT2D eigenvalue weighted by atomic mass is 10.0. The summed E-state index contributed by atoms with van der Waals surface area (Å²) in [5.74, 6) is -0.0507. The average molecular weight is 907 g/mol. The number of amides is 1. The second-order valence-corrected chi connectivity index (χ2v) is 20.3. The number of aliphatic hydroxyl groups is 2. The van der Waals surface area contributed by atoms with Crippen LogP contribution in [0.15, 0.2) is 0 Å². The third-order valence-corrected chi connectivity index (χ3v) is 13.9. The first-order chi connectivity index (χ1) is 31.5. The molecule has 1 amide bonds. The summed E-state index contributed by atoms with van der Waals surface area (Å²) in [5.41, 5.74) is 0. The summed E-state index contributed by atoms with van der Waals surface area (Å²) in [6, 6.07) is -0.552. The summed E-state index contributed by atoms with van der Waals surface area (Å²) in [7, 11) is 0. The predicted molar refractivity (Wildman–Crippen MR) is 278 cm³/mol. The minimum absolute atomic E-state index is 0.00441. The molecule has 2 atom stereocenters. The Bertz CT molecular complexity index is 913. The summed E-state index contributed by atoms with van der Waals surface area (Å²) < 4.78 is 5.48. The third-order valence-electron chi connectivity index (χ3n) is 13.9. The largest absolute Gasteiger partial charge is 0.466 e. The van der Waals surface area contributed by atoms with Gasteiger partial charge in [-0.15, -0.1) is 0 Å². The molecule has 0 bridgehead atoms. The maximum atomic E-state index is 12.5. The molecule has 382 valence electrons. The highest BCUT2D eigenvalue weighted by Gasteiger charge is 2.20. The van der Waals surface area contributed by atoms with Crippen molar-refractivity contribution in [3.63, 3.8) is 0 Å². The van der Waals surface area contributed by atoms with E-state index in [-0.39, 0.29) is 18.5 Å². The number of aliphatic hydroxyl groups excluding tert-OH is 2. The molecule has 0 radical (unpaired) electrons. The van der Waals surface area contributed by atoms with Gasteiger partial charge in [0.2, 0.25) is 5.91 Å². The highest BCUT2D eigenvalue weighted by molar-refractivity contribution is 5.76. The highest BCUT2D eigenvalue weighted by Crippen LogP contribution is 2.18. The number of carbonyl (C=O) groups is 2. The number of carbonyl (C=O) groups excluding carboxylic acids is 2. The van der Waals surface area contributed by atoms with Gasteiger partial charge in [0, 0.05) is 12.8 Å². The molecule has 0 aromatic carbocycles. The molecule has 0 saturated carbocycles. The minimum atomic E-state index is -0.673. The van der Waals surface area contributed by atoms with Gasteiger partial charge in [-0.1, -0.05) is 296 Å². The molecule has 0 aliphatic rings. The van der Waals surface area contributed by atoms with Crippen LogP contribution in [0.1, 0.15) is 335 Å². The fourth-order valence-electron chi connectivity index (χ4n) is 9.41. The quantitative estimate of drug-likeness (QED) is 0.0417. The van der Waals surface area contributed by atoms with Crippen LogP contribution >= 0.6 is 0 Å². The second kappa shape index (κ2) is 54.5. The first kappa shape index (κ1) is 62.9. The zero-order valence-electron chi connectivity index (χ0n) is 43.5. The Labute approximate surface area is 400 Å². The minimum Gasteiger partial charge on any atom is -0.466 e. The van der Waals surface area contributed by atoms with E-state index in [9.17, 15) is 19.8 Å². The van der Waals surface area contributed by atoms with Crippen LogP contribution in [0.25, 0.3) is 0 Å². The van der Waals surface area contributed by atoms with E-state index in [1.165, 1.54) is 244 Å². The standard InChI is InChI=1S/C58H115NO5/c1-3-5-7-9-11-13-15-17-19-21-22-23-24-26-30-34-38-42-46-50-56(61)55(54-60)59-57(62)51-47-43-39-35-31-28-29-33-37-41-45-49-53-64-58(63)52-48-44-40-36-32-27-25-20-18-16-14-12-10-8-6-4-2/h55-56,60-61H,3-54H2,1-2H3,(H,59,62). The van der Waals surface area contributed by atoms with Gasteiger partial charge < -0.3 is 20.3 Å². The van der Waals surface area contributed by atoms with E-state index in [0.29, 0.717) is 25.9 Å². The zero-order valence-corrected chi connectivity index (χ0v) is 43.5. The number of hydrogen-bond acceptors (Lipinski definition) is 5. The summed E-state index contributed by atoms with van der Waals surface area (Å²) in [6.07, 6.45) is 62.3. The molecular weight excluding hydrogens is 791 g/mol. The SMILES string of the molecule is CCCCCCCCCCCCCCCCCCCCCC(O)C(CO)NC(=O)CCCCCCCCCCCCCCOC(=O)CCCCCCCCCCCCCCCCCC. The van der Waals surface area contributed by atoms with Crippen molar-refractivity contribution in [3.05, 3.63) is 0 Å². The molecule has 0 aromatic rings. The maximum Gasteiger partial charge on any atom is 0.305 e. The van der Waals surface area contributed by atoms with Crippen molar-refractivity contribution in [3.8, 4) is 0 Å². The molecule has 0 spiro atoms. The lowest BCUT2D eigenvalue weighted by Gasteiger charge is -2.22. The van der Waals surface area contributed by atoms with Crippen LogP contribution in [0, 0.1) is 0 Å². The van der Waals surface area contributed by atoms with Gasteiger partial charge in [0.1, 0.15) is 0 Å². The van der Waals surface area contributed by atoms with Crippen LogP contribution in [0.2, 0.25) is 0 Å². The molecule has 2 unspecified atom stereocenters. The van der Waals surface area contributed by atoms with Crippen molar-refractivity contribution in [1.29, 1.82) is 0 Å². The first-order valence-electron chi connectivity index (χ1n) is 29.3. The van der Waals surface area contributed by atoms with E-state index >= 15 is 0 Å². The van der Waals surface area contributed by atoms with E-state index < -0.39 is 12.1 Å². The molecule has 6 nitrogen and oxygen atoms in total. The lowest BCUT2D eigenvalue weighted by molar-refractivity contribution is -0.143. The van der Waals surface area contributed by atoms with Crippen LogP contribution in [0.5, 0.6) is 0 Å². The molecule has 64 heavy (non-hydrogen) atoms. The zero-order chi connectivity index (χ0) is 46.5. The molecule has 0 aliphatic heterocycles. The Morgan fingerprint density at radius 1 is 0.375 bits per heavy atom. The highest BCUT2D eigenvalue weighted by atomic mass is 16.5. The van der Waals surface area contributed by atoms with Crippen molar-refractivity contribution < 1.29 is 24.5 Å². The topological polar surface area (TPSA) is 95.9 Å². The van der Waals surface area contributed by atoms with Crippen molar-refractivity contribution in [2.45, 2.75) is 347 Å². The van der Waals surface area contributed by atoms with Gasteiger partial charge in [0.05, 0.1) is 25.4 Å². The molecule has 0 aliphatic carbocycles. The number of ether oxygens (including phenoxy) is 1. The van der Waals surface area contributed by atoms with Gasteiger partial charge >= 0.3 is 5.97 Å². The van der Waals surface area contributed by atoms with E-state index in [0.717, 1.165) is 57.8 Å². The van der Waals surface area contributed by atoms with Gasteiger partial charge in [0.25, 0.3) is 0 Å².